The van der Waals surface area contributed by atoms with Crippen molar-refractivity contribution in [3.05, 3.63) is 0 Å². The number of hydrogen-bond donors (Lipinski definition) is 2. The van der Waals surface area contributed by atoms with Gasteiger partial charge in [-0.25, -0.2) is 0 Å². The Morgan fingerprint density at radius 3 is 1.62 bits per heavy atom. The van der Waals surface area contributed by atoms with Gasteiger partial charge >= 0.3 is 12.2 Å². The Morgan fingerprint density at radius 2 is 1.09 bits per heavy atom. The summed E-state index contributed by atoms with van der Waals surface area (Å²) in [5, 5.41) is 18.8. The van der Waals surface area contributed by atoms with Crippen molar-refractivity contribution < 1.29 is 60.9 Å². The summed E-state index contributed by atoms with van der Waals surface area (Å²) in [6.45, 7) is -4.71. The smallest absolute Gasteiger partial charge is 0.383 e. The van der Waals surface area contributed by atoms with Crippen LogP contribution in [0.2, 0.25) is 0 Å². The minimum atomic E-state index is -4.34. The van der Waals surface area contributed by atoms with Crippen molar-refractivity contribution in [2.24, 2.45) is 0 Å². The first-order chi connectivity index (χ1) is 15.1. The van der Waals surface area contributed by atoms with Crippen molar-refractivity contribution in [2.45, 2.75) is 24.4 Å². The van der Waals surface area contributed by atoms with Crippen LogP contribution in [-0.2, 0) is 33.2 Å². The molecule has 0 aromatic rings. The van der Waals surface area contributed by atoms with Crippen molar-refractivity contribution in [3.63, 3.8) is 0 Å². The Labute approximate surface area is 183 Å². The molecule has 13 heteroatoms. The van der Waals surface area contributed by atoms with Gasteiger partial charge in [0.05, 0.1) is 39.6 Å². The van der Waals surface area contributed by atoms with Gasteiger partial charge in [0.1, 0.15) is 45.4 Å². The lowest BCUT2D eigenvalue weighted by molar-refractivity contribution is -0.396. The highest BCUT2D eigenvalue weighted by molar-refractivity contribution is 4.83. The van der Waals surface area contributed by atoms with E-state index in [0.717, 1.165) is 0 Å². The van der Waals surface area contributed by atoms with Crippen LogP contribution < -0.4 is 0 Å². The maximum Gasteiger partial charge on any atom is 0.383 e. The van der Waals surface area contributed by atoms with Crippen LogP contribution in [-0.4, -0.2) is 107 Å². The monoisotopic (exact) mass is 476 g/mol. The zero-order valence-corrected chi connectivity index (χ0v) is 17.4. The number of aliphatic hydroxyl groups is 2. The molecule has 2 atom stereocenters. The molecule has 0 saturated carbocycles. The number of rotatable bonds is 21. The molecule has 0 aliphatic carbocycles. The molecule has 2 N–H and O–H groups in total. The summed E-state index contributed by atoms with van der Waals surface area (Å²) >= 11 is 0. The lowest BCUT2D eigenvalue weighted by atomic mass is 10.4. The molecule has 0 spiro atoms. The van der Waals surface area contributed by atoms with Crippen LogP contribution in [0.4, 0.5) is 17.6 Å². The van der Waals surface area contributed by atoms with E-state index in [-0.39, 0.29) is 46.2 Å². The number of ether oxygens (including phenoxy) is 7. The second kappa shape index (κ2) is 18.0. The average molecular weight is 476 g/mol. The molecule has 0 rings (SSSR count). The number of hydrogen-bond acceptors (Lipinski definition) is 9. The van der Waals surface area contributed by atoms with Gasteiger partial charge in [-0.3, -0.25) is 4.74 Å². The van der Waals surface area contributed by atoms with Crippen LogP contribution in [0.25, 0.3) is 0 Å². The van der Waals surface area contributed by atoms with Crippen LogP contribution in [0.15, 0.2) is 0 Å². The zero-order valence-electron chi connectivity index (χ0n) is 17.4. The Hall–Kier alpha value is -1.52. The summed E-state index contributed by atoms with van der Waals surface area (Å²) < 4.78 is 85.6. The van der Waals surface area contributed by atoms with Crippen molar-refractivity contribution in [1.82, 2.24) is 0 Å². The third-order valence-corrected chi connectivity index (χ3v) is 2.99. The Kier molecular flexibility index (Phi) is 17.1. The topological polar surface area (TPSA) is 105 Å². The summed E-state index contributed by atoms with van der Waals surface area (Å²) in [5.74, 6) is 4.36. The van der Waals surface area contributed by atoms with E-state index in [9.17, 15) is 27.8 Å². The summed E-state index contributed by atoms with van der Waals surface area (Å²) in [6, 6.07) is 0. The molecular weight excluding hydrogens is 448 g/mol. The van der Waals surface area contributed by atoms with E-state index in [1.165, 1.54) is 0 Å². The Balaban J connectivity index is 3.83. The van der Waals surface area contributed by atoms with Gasteiger partial charge in [-0.05, 0) is 0 Å². The fourth-order valence-corrected chi connectivity index (χ4v) is 1.81. The quantitative estimate of drug-likeness (QED) is 0.104. The molecule has 0 saturated heterocycles. The molecule has 186 valence electrons. The van der Waals surface area contributed by atoms with Crippen LogP contribution >= 0.6 is 0 Å². The summed E-state index contributed by atoms with van der Waals surface area (Å²) in [7, 11) is 0. The molecule has 0 fully saturated rings. The zero-order chi connectivity index (χ0) is 24.3. The standard InChI is InChI=1S/C19H28F4O9/c1-3-5-26-9-16(24)11-28-7-8-29-15-31-14-19(22,23)32-18(20,21)13-30-12-17(25)10-27-6-4-2/h1-2,16-17,24-25H,5-15H2. The van der Waals surface area contributed by atoms with E-state index in [1.54, 1.807) is 0 Å². The van der Waals surface area contributed by atoms with Gasteiger partial charge in [-0.15, -0.1) is 12.8 Å². The molecule has 9 nitrogen and oxygen atoms in total. The van der Waals surface area contributed by atoms with Crippen molar-refractivity contribution in [1.29, 1.82) is 0 Å². The highest BCUT2D eigenvalue weighted by Gasteiger charge is 2.44. The van der Waals surface area contributed by atoms with Crippen LogP contribution in [0.5, 0.6) is 0 Å². The third kappa shape index (κ3) is 19.2. The number of halogens is 4. The van der Waals surface area contributed by atoms with Gasteiger partial charge in [0, 0.05) is 0 Å². The van der Waals surface area contributed by atoms with Crippen molar-refractivity contribution >= 4 is 0 Å². The highest BCUT2D eigenvalue weighted by Crippen LogP contribution is 2.27. The molecule has 32 heavy (non-hydrogen) atoms. The van der Waals surface area contributed by atoms with Crippen LogP contribution in [0.1, 0.15) is 0 Å². The van der Waals surface area contributed by atoms with Gasteiger partial charge < -0.3 is 38.6 Å². The van der Waals surface area contributed by atoms with E-state index in [4.69, 9.17) is 31.8 Å². The lowest BCUT2D eigenvalue weighted by Gasteiger charge is -2.24. The fraction of sp³-hybridized carbons (Fsp3) is 0.789. The van der Waals surface area contributed by atoms with E-state index in [0.29, 0.717) is 0 Å². The molecule has 0 aromatic heterocycles. The largest absolute Gasteiger partial charge is 0.388 e. The highest BCUT2D eigenvalue weighted by atomic mass is 19.3. The van der Waals surface area contributed by atoms with Crippen LogP contribution in [0, 0.1) is 24.7 Å². The number of terminal acetylenes is 2. The molecule has 2 unspecified atom stereocenters. The SMILES string of the molecule is C#CCOCC(O)COCCOCOCC(F)(F)OC(F)(F)COCC(O)COCC#C. The van der Waals surface area contributed by atoms with Gasteiger partial charge in [-0.1, -0.05) is 11.8 Å². The second-order valence-corrected chi connectivity index (χ2v) is 6.09. The van der Waals surface area contributed by atoms with Gasteiger partial charge in [-0.2, -0.15) is 17.6 Å². The van der Waals surface area contributed by atoms with E-state index in [2.05, 4.69) is 26.1 Å². The molecule has 0 radical (unpaired) electrons. The summed E-state index contributed by atoms with van der Waals surface area (Å²) in [6.07, 6.45) is -0.957. The van der Waals surface area contributed by atoms with Gasteiger partial charge in [0.2, 0.25) is 0 Å². The maximum absolute atomic E-state index is 13.5. The Bertz CT molecular complexity index is 552. The summed E-state index contributed by atoms with van der Waals surface area (Å²) in [5.41, 5.74) is 0. The lowest BCUT2D eigenvalue weighted by Crippen LogP contribution is -2.40. The minimum absolute atomic E-state index is 0.0114. The summed E-state index contributed by atoms with van der Waals surface area (Å²) in [4.78, 5) is 0. The van der Waals surface area contributed by atoms with E-state index >= 15 is 0 Å². The van der Waals surface area contributed by atoms with Crippen molar-refractivity contribution in [2.75, 3.05) is 72.9 Å². The third-order valence-electron chi connectivity index (χ3n) is 2.99. The molecular formula is C19H28F4O9. The van der Waals surface area contributed by atoms with Crippen LogP contribution in [0.3, 0.4) is 0 Å². The van der Waals surface area contributed by atoms with Gasteiger partial charge in [0.25, 0.3) is 0 Å². The number of alkyl halides is 4. The predicted octanol–water partition coefficient (Wildman–Crippen LogP) is 0.234. The first-order valence-corrected chi connectivity index (χ1v) is 9.27. The molecule has 0 amide bonds. The Morgan fingerprint density at radius 1 is 0.656 bits per heavy atom. The molecule has 0 aromatic carbocycles. The van der Waals surface area contributed by atoms with E-state index < -0.39 is 51.0 Å². The number of aliphatic hydroxyl groups excluding tert-OH is 2. The molecule has 0 heterocycles. The normalized spacial score (nSPS) is 14.0. The fourth-order valence-electron chi connectivity index (χ4n) is 1.81. The second-order valence-electron chi connectivity index (χ2n) is 6.09. The first kappa shape index (κ1) is 30.5. The average Bonchev–Trinajstić information content (AvgIpc) is 2.69. The molecule has 0 aliphatic rings. The minimum Gasteiger partial charge on any atom is -0.388 e. The predicted molar refractivity (Wildman–Crippen MR) is 101 cm³/mol. The first-order valence-electron chi connectivity index (χ1n) is 9.27. The molecule has 0 aliphatic heterocycles. The van der Waals surface area contributed by atoms with E-state index in [1.807, 2.05) is 0 Å². The van der Waals surface area contributed by atoms with Gasteiger partial charge in [0.15, 0.2) is 0 Å². The molecule has 0 bridgehead atoms. The van der Waals surface area contributed by atoms with Crippen molar-refractivity contribution in [3.8, 4) is 24.7 Å². The maximum atomic E-state index is 13.5.